The lowest BCUT2D eigenvalue weighted by Gasteiger charge is -2.29. The molecule has 0 aliphatic rings. The van der Waals surface area contributed by atoms with Crippen LogP contribution in [0.3, 0.4) is 0 Å². The molecule has 0 fully saturated rings. The van der Waals surface area contributed by atoms with Crippen molar-refractivity contribution >= 4 is 33.2 Å². The molecule has 0 saturated carbocycles. The number of likely N-dealkylation sites (N-methyl/N-ethyl adjacent to an activating group) is 2. The smallest absolute Gasteiger partial charge is 0.237 e. The van der Waals surface area contributed by atoms with E-state index in [4.69, 9.17) is 0 Å². The molecule has 0 saturated heterocycles. The number of carbonyl (C=O) groups is 1. The lowest BCUT2D eigenvalue weighted by Crippen LogP contribution is -2.45. The fourth-order valence-electron chi connectivity index (χ4n) is 2.12. The van der Waals surface area contributed by atoms with Gasteiger partial charge < -0.3 is 10.0 Å². The van der Waals surface area contributed by atoms with Gasteiger partial charge in [0.2, 0.25) is 5.91 Å². The highest BCUT2D eigenvalue weighted by atomic mass is 79.9. The van der Waals surface area contributed by atoms with Gasteiger partial charge in [-0.25, -0.2) is 0 Å². The first-order chi connectivity index (χ1) is 9.75. The van der Waals surface area contributed by atoms with E-state index in [1.54, 1.807) is 25.2 Å². The minimum Gasteiger partial charge on any atom is -0.389 e. The van der Waals surface area contributed by atoms with Crippen LogP contribution in [0.2, 0.25) is 0 Å². The molecular weight excluding hydrogens is 352 g/mol. The van der Waals surface area contributed by atoms with Gasteiger partial charge in [-0.15, -0.1) is 11.3 Å². The minimum atomic E-state index is -0.786. The zero-order valence-electron chi connectivity index (χ0n) is 13.2. The van der Waals surface area contributed by atoms with Gasteiger partial charge in [0, 0.05) is 18.0 Å². The van der Waals surface area contributed by atoms with Crippen molar-refractivity contribution in [1.29, 1.82) is 0 Å². The van der Waals surface area contributed by atoms with Crippen LogP contribution in [0.5, 0.6) is 0 Å². The quantitative estimate of drug-likeness (QED) is 0.758. The molecule has 1 N–H and O–H groups in total. The van der Waals surface area contributed by atoms with Gasteiger partial charge in [0.1, 0.15) is 0 Å². The molecule has 0 aliphatic heterocycles. The molecule has 1 rings (SSSR count). The Kier molecular flexibility index (Phi) is 7.33. The van der Waals surface area contributed by atoms with Crippen LogP contribution < -0.4 is 0 Å². The highest BCUT2D eigenvalue weighted by Crippen LogP contribution is 2.23. The molecule has 0 aliphatic carbocycles. The summed E-state index contributed by atoms with van der Waals surface area (Å²) in [6.07, 6.45) is 0. The second kappa shape index (κ2) is 8.27. The maximum absolute atomic E-state index is 12.4. The van der Waals surface area contributed by atoms with E-state index < -0.39 is 5.60 Å². The fourth-order valence-corrected chi connectivity index (χ4v) is 3.62. The zero-order chi connectivity index (χ0) is 16.0. The van der Waals surface area contributed by atoms with Crippen LogP contribution in [0.1, 0.15) is 32.6 Å². The van der Waals surface area contributed by atoms with Crippen molar-refractivity contribution in [2.24, 2.45) is 0 Å². The lowest BCUT2D eigenvalue weighted by molar-refractivity contribution is -0.133. The van der Waals surface area contributed by atoms with Gasteiger partial charge in [0.05, 0.1) is 22.5 Å². The van der Waals surface area contributed by atoms with Gasteiger partial charge in [-0.2, -0.15) is 0 Å². The highest BCUT2D eigenvalue weighted by Gasteiger charge is 2.21. The molecule has 1 heterocycles. The number of amides is 1. The Morgan fingerprint density at radius 2 is 2.00 bits per heavy atom. The summed E-state index contributed by atoms with van der Waals surface area (Å²) in [4.78, 5) is 17.4. The molecule has 0 radical (unpaired) electrons. The van der Waals surface area contributed by atoms with Gasteiger partial charge >= 0.3 is 0 Å². The predicted molar refractivity (Wildman–Crippen MR) is 91.5 cm³/mol. The number of hydrogen-bond acceptors (Lipinski definition) is 4. The molecule has 1 amide bonds. The van der Waals surface area contributed by atoms with E-state index in [2.05, 4.69) is 15.9 Å². The number of carbonyl (C=O) groups excluding carboxylic acids is 1. The van der Waals surface area contributed by atoms with Crippen molar-refractivity contribution in [3.63, 3.8) is 0 Å². The predicted octanol–water partition coefficient (Wildman–Crippen LogP) is 2.95. The van der Waals surface area contributed by atoms with E-state index in [1.807, 2.05) is 35.8 Å². The normalized spacial score (nSPS) is 12.0. The third-order valence-corrected chi connectivity index (χ3v) is 4.74. The van der Waals surface area contributed by atoms with Crippen LogP contribution in [-0.4, -0.2) is 52.6 Å². The Morgan fingerprint density at radius 3 is 2.43 bits per heavy atom. The second-order valence-electron chi connectivity index (χ2n) is 5.73. The van der Waals surface area contributed by atoms with Gasteiger partial charge in [0.15, 0.2) is 0 Å². The third kappa shape index (κ3) is 6.91. The number of aliphatic hydroxyl groups is 1. The summed E-state index contributed by atoms with van der Waals surface area (Å²) in [6.45, 7) is 10.5. The molecule has 0 unspecified atom stereocenters. The molecule has 4 nitrogen and oxygen atoms in total. The number of rotatable bonds is 8. The zero-order valence-corrected chi connectivity index (χ0v) is 15.6. The molecule has 0 atom stereocenters. The average Bonchev–Trinajstić information content (AvgIpc) is 2.78. The topological polar surface area (TPSA) is 43.8 Å². The van der Waals surface area contributed by atoms with Crippen LogP contribution in [0.25, 0.3) is 0 Å². The number of nitrogens with zero attached hydrogens (tertiary/aromatic N) is 2. The second-order valence-corrected chi connectivity index (χ2v) is 8.28. The Hall–Kier alpha value is -0.430. The third-order valence-electron chi connectivity index (χ3n) is 3.13. The molecular formula is C15H25BrN2O2S. The summed E-state index contributed by atoms with van der Waals surface area (Å²) in [5.74, 6) is 0.105. The van der Waals surface area contributed by atoms with Crippen molar-refractivity contribution in [3.8, 4) is 0 Å². The van der Waals surface area contributed by atoms with E-state index in [0.29, 0.717) is 26.2 Å². The Bertz CT molecular complexity index is 457. The molecule has 0 bridgehead atoms. The first kappa shape index (κ1) is 18.6. The summed E-state index contributed by atoms with van der Waals surface area (Å²) in [5, 5.41) is 9.90. The van der Waals surface area contributed by atoms with Crippen molar-refractivity contribution < 1.29 is 9.90 Å². The van der Waals surface area contributed by atoms with E-state index in [0.717, 1.165) is 10.3 Å². The average molecular weight is 377 g/mol. The van der Waals surface area contributed by atoms with Gasteiger partial charge in [-0.3, -0.25) is 9.69 Å². The summed E-state index contributed by atoms with van der Waals surface area (Å²) in [5.41, 5.74) is -0.786. The van der Waals surface area contributed by atoms with E-state index in [-0.39, 0.29) is 5.91 Å². The largest absolute Gasteiger partial charge is 0.389 e. The maximum atomic E-state index is 12.4. The lowest BCUT2D eigenvalue weighted by atomic mass is 10.1. The fraction of sp³-hybridized carbons (Fsp3) is 0.667. The standard InChI is InChI=1S/C15H25BrN2O2S/c1-5-17(11-15(3,4)20)10-14(19)18(6-2)9-12-7-8-13(16)21-12/h7-8,20H,5-6,9-11H2,1-4H3. The minimum absolute atomic E-state index is 0.105. The number of thiophene rings is 1. The van der Waals surface area contributed by atoms with Crippen molar-refractivity contribution in [3.05, 3.63) is 20.8 Å². The Labute approximate surface area is 139 Å². The van der Waals surface area contributed by atoms with Crippen molar-refractivity contribution in [1.82, 2.24) is 9.80 Å². The van der Waals surface area contributed by atoms with E-state index >= 15 is 0 Å². The van der Waals surface area contributed by atoms with E-state index in [9.17, 15) is 9.90 Å². The number of halogens is 1. The molecule has 1 aromatic heterocycles. The van der Waals surface area contributed by atoms with Crippen LogP contribution in [0, 0.1) is 0 Å². The van der Waals surface area contributed by atoms with Crippen LogP contribution in [0.15, 0.2) is 15.9 Å². The molecule has 21 heavy (non-hydrogen) atoms. The number of hydrogen-bond donors (Lipinski definition) is 1. The molecule has 0 spiro atoms. The summed E-state index contributed by atoms with van der Waals surface area (Å²) < 4.78 is 1.08. The molecule has 6 heteroatoms. The molecule has 1 aromatic rings. The highest BCUT2D eigenvalue weighted by molar-refractivity contribution is 9.11. The van der Waals surface area contributed by atoms with Gasteiger partial charge in [-0.05, 0) is 55.4 Å². The Morgan fingerprint density at radius 1 is 1.33 bits per heavy atom. The Balaban J connectivity index is 2.61. The van der Waals surface area contributed by atoms with Crippen LogP contribution in [0.4, 0.5) is 0 Å². The van der Waals surface area contributed by atoms with Crippen molar-refractivity contribution in [2.75, 3.05) is 26.2 Å². The van der Waals surface area contributed by atoms with Crippen molar-refractivity contribution in [2.45, 2.75) is 39.8 Å². The molecule has 120 valence electrons. The van der Waals surface area contributed by atoms with Crippen LogP contribution in [-0.2, 0) is 11.3 Å². The first-order valence-electron chi connectivity index (χ1n) is 7.22. The molecule has 0 aromatic carbocycles. The van der Waals surface area contributed by atoms with Gasteiger partial charge in [-0.1, -0.05) is 6.92 Å². The van der Waals surface area contributed by atoms with Gasteiger partial charge in [0.25, 0.3) is 0 Å². The first-order valence-corrected chi connectivity index (χ1v) is 8.82. The summed E-state index contributed by atoms with van der Waals surface area (Å²) in [6, 6.07) is 4.05. The maximum Gasteiger partial charge on any atom is 0.237 e. The summed E-state index contributed by atoms with van der Waals surface area (Å²) in [7, 11) is 0. The SMILES string of the molecule is CCN(CC(=O)N(CC)Cc1ccc(Br)s1)CC(C)(C)O. The monoisotopic (exact) mass is 376 g/mol. The van der Waals surface area contributed by atoms with E-state index in [1.165, 1.54) is 4.88 Å². The summed E-state index contributed by atoms with van der Waals surface area (Å²) >= 11 is 5.10. The van der Waals surface area contributed by atoms with Crippen LogP contribution >= 0.6 is 27.3 Å².